The standard InChI is InChI=1S/C9H11NO2/c1-7-5-3-4-6-8(7)10(2)9(11)12/h3-6H,1-2H3,(H,11,12)/p-1. The maximum absolute atomic E-state index is 10.5. The van der Waals surface area contributed by atoms with Crippen molar-refractivity contribution in [1.82, 2.24) is 0 Å². The van der Waals surface area contributed by atoms with Gasteiger partial charge in [-0.3, -0.25) is 0 Å². The lowest BCUT2D eigenvalue weighted by Crippen LogP contribution is -2.38. The molecule has 3 nitrogen and oxygen atoms in total. The van der Waals surface area contributed by atoms with Crippen molar-refractivity contribution < 1.29 is 9.90 Å². The van der Waals surface area contributed by atoms with Gasteiger partial charge >= 0.3 is 0 Å². The second-order valence-electron chi connectivity index (χ2n) is 2.61. The van der Waals surface area contributed by atoms with E-state index in [9.17, 15) is 9.90 Å². The minimum atomic E-state index is -1.19. The van der Waals surface area contributed by atoms with E-state index < -0.39 is 6.09 Å². The van der Waals surface area contributed by atoms with Crippen LogP contribution in [0, 0.1) is 6.92 Å². The van der Waals surface area contributed by atoms with Gasteiger partial charge in [0.2, 0.25) is 0 Å². The van der Waals surface area contributed by atoms with E-state index in [1.807, 2.05) is 19.1 Å². The molecular weight excluding hydrogens is 154 g/mol. The van der Waals surface area contributed by atoms with Gasteiger partial charge in [-0.25, -0.2) is 0 Å². The highest BCUT2D eigenvalue weighted by Crippen LogP contribution is 2.16. The summed E-state index contributed by atoms with van der Waals surface area (Å²) in [4.78, 5) is 11.6. The maximum Gasteiger partial charge on any atom is 0.141 e. The van der Waals surface area contributed by atoms with Gasteiger partial charge in [0.05, 0.1) is 0 Å². The number of benzene rings is 1. The molecule has 0 bridgehead atoms. The zero-order valence-corrected chi connectivity index (χ0v) is 7.07. The van der Waals surface area contributed by atoms with E-state index >= 15 is 0 Å². The molecule has 1 rings (SSSR count). The van der Waals surface area contributed by atoms with E-state index in [1.165, 1.54) is 7.05 Å². The second-order valence-corrected chi connectivity index (χ2v) is 2.61. The molecule has 0 spiro atoms. The van der Waals surface area contributed by atoms with Crippen LogP contribution in [0.5, 0.6) is 0 Å². The van der Waals surface area contributed by atoms with Crippen LogP contribution < -0.4 is 10.0 Å². The summed E-state index contributed by atoms with van der Waals surface area (Å²) in [5.74, 6) is 0. The molecule has 0 fully saturated rings. The van der Waals surface area contributed by atoms with Crippen LogP contribution in [-0.4, -0.2) is 13.1 Å². The van der Waals surface area contributed by atoms with E-state index in [1.54, 1.807) is 12.1 Å². The zero-order chi connectivity index (χ0) is 9.14. The number of hydrogen-bond donors (Lipinski definition) is 0. The van der Waals surface area contributed by atoms with Crippen LogP contribution in [0.3, 0.4) is 0 Å². The lowest BCUT2D eigenvalue weighted by atomic mass is 10.2. The number of nitrogens with zero attached hydrogens (tertiary/aromatic N) is 1. The minimum absolute atomic E-state index is 0.664. The quantitative estimate of drug-likeness (QED) is 0.615. The Morgan fingerprint density at radius 1 is 1.42 bits per heavy atom. The lowest BCUT2D eigenvalue weighted by Gasteiger charge is -2.21. The first kappa shape index (κ1) is 8.59. The Labute approximate surface area is 71.2 Å². The van der Waals surface area contributed by atoms with Crippen LogP contribution in [-0.2, 0) is 0 Å². The third kappa shape index (κ3) is 1.56. The molecule has 0 heterocycles. The molecule has 1 amide bonds. The first-order chi connectivity index (χ1) is 5.63. The Hall–Kier alpha value is -1.51. The number of para-hydroxylation sites is 1. The Balaban J connectivity index is 3.02. The summed E-state index contributed by atoms with van der Waals surface area (Å²) in [5.41, 5.74) is 1.58. The first-order valence-corrected chi connectivity index (χ1v) is 3.63. The molecule has 0 N–H and O–H groups in total. The van der Waals surface area contributed by atoms with Gasteiger partial charge in [-0.05, 0) is 18.6 Å². The Morgan fingerprint density at radius 3 is 2.50 bits per heavy atom. The average Bonchev–Trinajstić information content (AvgIpc) is 2.04. The summed E-state index contributed by atoms with van der Waals surface area (Å²) in [6.45, 7) is 1.86. The summed E-state index contributed by atoms with van der Waals surface area (Å²) < 4.78 is 0. The molecule has 1 aromatic rings. The molecule has 0 aliphatic carbocycles. The van der Waals surface area contributed by atoms with Crippen molar-refractivity contribution >= 4 is 11.8 Å². The van der Waals surface area contributed by atoms with E-state index in [-0.39, 0.29) is 0 Å². The number of carboxylic acid groups (broad SMARTS) is 1. The molecule has 0 aliphatic rings. The fraction of sp³-hybridized carbons (Fsp3) is 0.222. The number of anilines is 1. The van der Waals surface area contributed by atoms with E-state index in [2.05, 4.69) is 0 Å². The number of aryl methyl sites for hydroxylation is 1. The summed E-state index contributed by atoms with van der Waals surface area (Å²) >= 11 is 0. The number of hydrogen-bond acceptors (Lipinski definition) is 2. The summed E-state index contributed by atoms with van der Waals surface area (Å²) in [6, 6.07) is 7.25. The summed E-state index contributed by atoms with van der Waals surface area (Å²) in [5, 5.41) is 10.5. The highest BCUT2D eigenvalue weighted by molar-refractivity contribution is 5.84. The summed E-state index contributed by atoms with van der Waals surface area (Å²) in [7, 11) is 1.47. The van der Waals surface area contributed by atoms with Crippen LogP contribution in [0.15, 0.2) is 24.3 Å². The van der Waals surface area contributed by atoms with Gasteiger partial charge in [-0.15, -0.1) is 0 Å². The number of rotatable bonds is 1. The number of carbonyl (C=O) groups excluding carboxylic acids is 1. The Kier molecular flexibility index (Phi) is 2.33. The molecule has 0 aliphatic heterocycles. The molecular formula is C9H10NO2-. The van der Waals surface area contributed by atoms with Crippen molar-refractivity contribution in [3.05, 3.63) is 29.8 Å². The summed E-state index contributed by atoms with van der Waals surface area (Å²) in [6.07, 6.45) is -1.19. The fourth-order valence-corrected chi connectivity index (χ4v) is 1.04. The van der Waals surface area contributed by atoms with Crippen LogP contribution in [0.25, 0.3) is 0 Å². The molecule has 64 valence electrons. The molecule has 0 saturated carbocycles. The average molecular weight is 164 g/mol. The van der Waals surface area contributed by atoms with Gasteiger partial charge in [0.15, 0.2) is 0 Å². The van der Waals surface area contributed by atoms with Gasteiger partial charge in [-0.1, -0.05) is 18.2 Å². The number of carbonyl (C=O) groups is 1. The molecule has 1 aromatic carbocycles. The molecule has 0 saturated heterocycles. The normalized spacial score (nSPS) is 9.50. The molecule has 0 aromatic heterocycles. The maximum atomic E-state index is 10.5. The van der Waals surface area contributed by atoms with E-state index in [0.717, 1.165) is 10.5 Å². The highest BCUT2D eigenvalue weighted by Gasteiger charge is 2.02. The molecule has 3 heteroatoms. The molecule has 0 radical (unpaired) electrons. The van der Waals surface area contributed by atoms with Crippen LogP contribution in [0.2, 0.25) is 0 Å². The molecule has 0 atom stereocenters. The van der Waals surface area contributed by atoms with Gasteiger partial charge in [-0.2, -0.15) is 0 Å². The van der Waals surface area contributed by atoms with Crippen molar-refractivity contribution in [3.63, 3.8) is 0 Å². The topological polar surface area (TPSA) is 43.4 Å². The zero-order valence-electron chi connectivity index (χ0n) is 7.07. The van der Waals surface area contributed by atoms with E-state index in [4.69, 9.17) is 0 Å². The predicted molar refractivity (Wildman–Crippen MR) is 45.0 cm³/mol. The third-order valence-corrected chi connectivity index (χ3v) is 1.75. The highest BCUT2D eigenvalue weighted by atomic mass is 16.4. The predicted octanol–water partition coefficient (Wildman–Crippen LogP) is 0.775. The smallest absolute Gasteiger partial charge is 0.141 e. The Bertz CT molecular complexity index is 296. The fourth-order valence-electron chi connectivity index (χ4n) is 1.04. The minimum Gasteiger partial charge on any atom is -0.530 e. The molecule has 12 heavy (non-hydrogen) atoms. The monoisotopic (exact) mass is 164 g/mol. The largest absolute Gasteiger partial charge is 0.530 e. The van der Waals surface area contributed by atoms with Crippen LogP contribution >= 0.6 is 0 Å². The second kappa shape index (κ2) is 3.26. The SMILES string of the molecule is Cc1ccccc1N(C)C(=O)[O-]. The number of amides is 1. The van der Waals surface area contributed by atoms with Crippen molar-refractivity contribution in [2.45, 2.75) is 6.92 Å². The van der Waals surface area contributed by atoms with Gasteiger partial charge in [0.1, 0.15) is 6.09 Å². The van der Waals surface area contributed by atoms with Gasteiger partial charge in [0, 0.05) is 12.7 Å². The first-order valence-electron chi connectivity index (χ1n) is 3.63. The van der Waals surface area contributed by atoms with Gasteiger partial charge < -0.3 is 14.8 Å². The molecule has 0 unspecified atom stereocenters. The van der Waals surface area contributed by atoms with Crippen LogP contribution in [0.1, 0.15) is 5.56 Å². The lowest BCUT2D eigenvalue weighted by molar-refractivity contribution is -0.246. The van der Waals surface area contributed by atoms with Crippen molar-refractivity contribution in [3.8, 4) is 0 Å². The van der Waals surface area contributed by atoms with Crippen molar-refractivity contribution in [2.75, 3.05) is 11.9 Å². The van der Waals surface area contributed by atoms with E-state index in [0.29, 0.717) is 5.69 Å². The Morgan fingerprint density at radius 2 is 2.00 bits per heavy atom. The van der Waals surface area contributed by atoms with Crippen molar-refractivity contribution in [2.24, 2.45) is 0 Å². The third-order valence-electron chi connectivity index (χ3n) is 1.75. The van der Waals surface area contributed by atoms with Gasteiger partial charge in [0.25, 0.3) is 0 Å². The van der Waals surface area contributed by atoms with Crippen LogP contribution in [0.4, 0.5) is 10.5 Å². The van der Waals surface area contributed by atoms with Crippen molar-refractivity contribution in [1.29, 1.82) is 0 Å².